The molecule has 0 saturated carbocycles. The van der Waals surface area contributed by atoms with Crippen molar-refractivity contribution in [3.8, 4) is 11.1 Å². The van der Waals surface area contributed by atoms with Gasteiger partial charge in [-0.3, -0.25) is 4.79 Å². The van der Waals surface area contributed by atoms with Crippen molar-refractivity contribution in [2.24, 2.45) is 5.10 Å². The molecule has 0 saturated heterocycles. The topological polar surface area (TPSA) is 84.5 Å². The van der Waals surface area contributed by atoms with Crippen molar-refractivity contribution < 1.29 is 4.79 Å². The molecule has 0 atom stereocenters. The lowest BCUT2D eigenvalue weighted by molar-refractivity contribution is -0.118. The number of benzene rings is 1. The molecule has 6 heteroatoms. The number of aromatic nitrogens is 2. The van der Waals surface area contributed by atoms with E-state index in [9.17, 15) is 4.79 Å². The second-order valence-corrected chi connectivity index (χ2v) is 4.87. The van der Waals surface area contributed by atoms with Crippen LogP contribution < -0.4 is 10.7 Å². The lowest BCUT2D eigenvalue weighted by Gasteiger charge is -2.21. The highest BCUT2D eigenvalue weighted by molar-refractivity contribution is 5.97. The average molecular weight is 281 g/mol. The van der Waals surface area contributed by atoms with Gasteiger partial charge in [0.15, 0.2) is 0 Å². The molecule has 1 aliphatic heterocycles. The number of rotatable bonds is 2. The summed E-state index contributed by atoms with van der Waals surface area (Å²) in [6.45, 7) is 1.98. The Bertz CT molecular complexity index is 709. The average Bonchev–Trinajstić information content (AvgIpc) is 2.49. The third-order valence-electron chi connectivity index (χ3n) is 3.36. The third kappa shape index (κ3) is 2.60. The number of aryl methyl sites for hydroxylation is 1. The van der Waals surface area contributed by atoms with Crippen LogP contribution in [0.3, 0.4) is 0 Å². The number of nitrogens with zero attached hydrogens (tertiary/aromatic N) is 4. The first-order valence-electron chi connectivity index (χ1n) is 6.69. The zero-order chi connectivity index (χ0) is 14.8. The van der Waals surface area contributed by atoms with E-state index in [-0.39, 0.29) is 11.9 Å². The number of hydrogen-bond donors (Lipinski definition) is 1. The molecule has 21 heavy (non-hydrogen) atoms. The molecule has 2 N–H and O–H groups in total. The van der Waals surface area contributed by atoms with Gasteiger partial charge in [-0.1, -0.05) is 6.07 Å². The summed E-state index contributed by atoms with van der Waals surface area (Å²) in [6, 6.07) is 5.75. The summed E-state index contributed by atoms with van der Waals surface area (Å²) in [7, 11) is 0. The van der Waals surface area contributed by atoms with E-state index in [1.54, 1.807) is 18.6 Å². The smallest absolute Gasteiger partial charge is 0.247 e. The van der Waals surface area contributed by atoms with Gasteiger partial charge in [0, 0.05) is 30.6 Å². The van der Waals surface area contributed by atoms with Crippen LogP contribution in [0.2, 0.25) is 0 Å². The van der Waals surface area contributed by atoms with E-state index < -0.39 is 0 Å². The van der Waals surface area contributed by atoms with Gasteiger partial charge < -0.3 is 5.73 Å². The summed E-state index contributed by atoms with van der Waals surface area (Å²) < 4.78 is 0. The van der Waals surface area contributed by atoms with Gasteiger partial charge in [-0.2, -0.15) is 5.10 Å². The Morgan fingerprint density at radius 2 is 2.00 bits per heavy atom. The molecule has 6 nitrogen and oxygen atoms in total. The fourth-order valence-corrected chi connectivity index (χ4v) is 2.29. The summed E-state index contributed by atoms with van der Waals surface area (Å²) in [5.41, 5.74) is 9.19. The molecule has 0 fully saturated rings. The molecule has 1 aliphatic rings. The second-order valence-electron chi connectivity index (χ2n) is 4.87. The minimum Gasteiger partial charge on any atom is -0.368 e. The fraction of sp³-hybridized carbons (Fsp3) is 0.200. The van der Waals surface area contributed by atoms with Gasteiger partial charge in [-0.15, -0.1) is 0 Å². The second kappa shape index (κ2) is 5.32. The molecule has 0 aliphatic carbocycles. The molecule has 1 amide bonds. The number of carbonyl (C=O) groups excluding carboxylic acids is 1. The predicted octanol–water partition coefficient (Wildman–Crippen LogP) is 2.15. The summed E-state index contributed by atoms with van der Waals surface area (Å²) in [6.07, 6.45) is 6.34. The Morgan fingerprint density at radius 3 is 2.67 bits per heavy atom. The monoisotopic (exact) mass is 281 g/mol. The van der Waals surface area contributed by atoms with E-state index in [2.05, 4.69) is 15.1 Å². The van der Waals surface area contributed by atoms with Crippen LogP contribution in [0.25, 0.3) is 11.1 Å². The van der Waals surface area contributed by atoms with Crippen LogP contribution in [0.5, 0.6) is 0 Å². The normalized spacial score (nSPS) is 14.5. The molecule has 2 aromatic rings. The van der Waals surface area contributed by atoms with Crippen molar-refractivity contribution in [1.29, 1.82) is 0 Å². The van der Waals surface area contributed by atoms with Crippen LogP contribution in [-0.2, 0) is 4.79 Å². The lowest BCUT2D eigenvalue weighted by atomic mass is 10.0. The first kappa shape index (κ1) is 13.2. The Morgan fingerprint density at radius 1 is 1.24 bits per heavy atom. The zero-order valence-electron chi connectivity index (χ0n) is 11.7. The molecular weight excluding hydrogens is 266 g/mol. The molecule has 1 aromatic carbocycles. The van der Waals surface area contributed by atoms with Crippen LogP contribution in [0.15, 0.2) is 35.7 Å². The summed E-state index contributed by atoms with van der Waals surface area (Å²) >= 11 is 0. The highest BCUT2D eigenvalue weighted by atomic mass is 16.2. The lowest BCUT2D eigenvalue weighted by Crippen LogP contribution is -2.28. The maximum atomic E-state index is 11.9. The van der Waals surface area contributed by atoms with Crippen molar-refractivity contribution in [1.82, 2.24) is 9.97 Å². The number of amides is 1. The van der Waals surface area contributed by atoms with E-state index in [1.165, 1.54) is 5.01 Å². The first-order chi connectivity index (χ1) is 10.1. The maximum Gasteiger partial charge on any atom is 0.247 e. The standard InChI is InChI=1S/C15H15N5O/c1-10-7-12(20-14(21)3-2-6-19-20)4-5-13(10)11-8-17-15(16)18-9-11/h4-9H,2-3H2,1H3,(H2,16,17,18). The Kier molecular flexibility index (Phi) is 3.35. The molecule has 3 rings (SSSR count). The SMILES string of the molecule is Cc1cc(N2N=CCCC2=O)ccc1-c1cnc(N)nc1. The van der Waals surface area contributed by atoms with E-state index in [0.29, 0.717) is 12.8 Å². The number of anilines is 2. The molecule has 2 heterocycles. The minimum absolute atomic E-state index is 0.0143. The summed E-state index contributed by atoms with van der Waals surface area (Å²) in [5, 5.41) is 5.60. The van der Waals surface area contributed by atoms with E-state index >= 15 is 0 Å². The van der Waals surface area contributed by atoms with Crippen LogP contribution in [0, 0.1) is 6.92 Å². The quantitative estimate of drug-likeness (QED) is 0.914. The van der Waals surface area contributed by atoms with Crippen molar-refractivity contribution in [3.05, 3.63) is 36.2 Å². The van der Waals surface area contributed by atoms with Crippen LogP contribution in [0.4, 0.5) is 11.6 Å². The summed E-state index contributed by atoms with van der Waals surface area (Å²) in [4.78, 5) is 19.9. The molecule has 0 bridgehead atoms. The van der Waals surface area contributed by atoms with Gasteiger partial charge in [0.2, 0.25) is 11.9 Å². The van der Waals surface area contributed by atoms with Crippen LogP contribution >= 0.6 is 0 Å². The number of hydrazone groups is 1. The van der Waals surface area contributed by atoms with Crippen molar-refractivity contribution in [3.63, 3.8) is 0 Å². The number of carbonyl (C=O) groups is 1. The molecular formula is C15H15N5O. The van der Waals surface area contributed by atoms with Gasteiger partial charge in [-0.05, 0) is 36.6 Å². The number of nitrogens with two attached hydrogens (primary N) is 1. The Labute approximate surface area is 122 Å². The zero-order valence-corrected chi connectivity index (χ0v) is 11.7. The number of nitrogen functional groups attached to an aromatic ring is 1. The van der Waals surface area contributed by atoms with E-state index in [4.69, 9.17) is 5.73 Å². The van der Waals surface area contributed by atoms with Gasteiger partial charge in [0.1, 0.15) is 0 Å². The Balaban J connectivity index is 1.96. The molecule has 0 radical (unpaired) electrons. The highest BCUT2D eigenvalue weighted by Crippen LogP contribution is 2.28. The van der Waals surface area contributed by atoms with E-state index in [0.717, 1.165) is 22.4 Å². The van der Waals surface area contributed by atoms with Gasteiger partial charge >= 0.3 is 0 Å². The van der Waals surface area contributed by atoms with Crippen molar-refractivity contribution in [2.45, 2.75) is 19.8 Å². The summed E-state index contributed by atoms with van der Waals surface area (Å²) in [5.74, 6) is 0.266. The molecule has 0 spiro atoms. The van der Waals surface area contributed by atoms with E-state index in [1.807, 2.05) is 25.1 Å². The molecule has 106 valence electrons. The third-order valence-corrected chi connectivity index (χ3v) is 3.36. The van der Waals surface area contributed by atoms with Crippen LogP contribution in [-0.4, -0.2) is 22.1 Å². The maximum absolute atomic E-state index is 11.9. The first-order valence-corrected chi connectivity index (χ1v) is 6.69. The van der Waals surface area contributed by atoms with Crippen molar-refractivity contribution >= 4 is 23.8 Å². The van der Waals surface area contributed by atoms with Gasteiger partial charge in [0.25, 0.3) is 0 Å². The largest absolute Gasteiger partial charge is 0.368 e. The van der Waals surface area contributed by atoms with Gasteiger partial charge in [0.05, 0.1) is 5.69 Å². The highest BCUT2D eigenvalue weighted by Gasteiger charge is 2.18. The van der Waals surface area contributed by atoms with Crippen molar-refractivity contribution in [2.75, 3.05) is 10.7 Å². The molecule has 0 unspecified atom stereocenters. The van der Waals surface area contributed by atoms with Crippen LogP contribution in [0.1, 0.15) is 18.4 Å². The minimum atomic E-state index is 0.0143. The number of hydrogen-bond acceptors (Lipinski definition) is 5. The fourth-order valence-electron chi connectivity index (χ4n) is 2.29. The molecule has 1 aromatic heterocycles. The van der Waals surface area contributed by atoms with Gasteiger partial charge in [-0.25, -0.2) is 15.0 Å². The Hall–Kier alpha value is -2.76. The predicted molar refractivity (Wildman–Crippen MR) is 81.8 cm³/mol.